The van der Waals surface area contributed by atoms with Crippen molar-refractivity contribution < 1.29 is 4.63 Å². The van der Waals surface area contributed by atoms with Crippen LogP contribution in [0.15, 0.2) is 22.8 Å². The minimum atomic E-state index is 0. The molecule has 4 nitrogen and oxygen atoms in total. The standard InChI is InChI=1S/C7H7N3O.ClH/c8-4-5-2-1-3-6-7(5)10-11-9-6;/h1-3H,4,8H2;1H. The lowest BCUT2D eigenvalue weighted by atomic mass is 10.2. The van der Waals surface area contributed by atoms with E-state index in [0.717, 1.165) is 16.6 Å². The molecular formula is C7H8ClN3O. The summed E-state index contributed by atoms with van der Waals surface area (Å²) in [5.74, 6) is 0. The third-order valence-electron chi connectivity index (χ3n) is 1.59. The molecule has 1 heterocycles. The molecule has 0 spiro atoms. The number of halogens is 1. The normalized spacial score (nSPS) is 9.75. The van der Waals surface area contributed by atoms with Crippen LogP contribution in [-0.2, 0) is 6.54 Å². The number of nitrogens with zero attached hydrogens (tertiary/aromatic N) is 2. The molecule has 0 unspecified atom stereocenters. The van der Waals surface area contributed by atoms with Crippen molar-refractivity contribution in [3.05, 3.63) is 23.8 Å². The Hall–Kier alpha value is -1.13. The Bertz CT molecular complexity index is 373. The smallest absolute Gasteiger partial charge is 0.139 e. The average Bonchev–Trinajstić information content (AvgIpc) is 2.50. The first-order valence-corrected chi connectivity index (χ1v) is 3.32. The van der Waals surface area contributed by atoms with E-state index >= 15 is 0 Å². The second-order valence-electron chi connectivity index (χ2n) is 2.25. The van der Waals surface area contributed by atoms with Crippen molar-refractivity contribution in [3.63, 3.8) is 0 Å². The van der Waals surface area contributed by atoms with Crippen LogP contribution in [0.4, 0.5) is 0 Å². The number of nitrogens with two attached hydrogens (primary N) is 1. The molecule has 2 aromatic rings. The SMILES string of the molecule is Cl.NCc1cccc2nonc12. The molecule has 0 aliphatic heterocycles. The maximum Gasteiger partial charge on any atom is 0.139 e. The molecule has 0 radical (unpaired) electrons. The van der Waals surface area contributed by atoms with E-state index in [9.17, 15) is 0 Å². The molecule has 64 valence electrons. The highest BCUT2D eigenvalue weighted by Gasteiger charge is 2.02. The van der Waals surface area contributed by atoms with E-state index in [-0.39, 0.29) is 12.4 Å². The molecule has 2 N–H and O–H groups in total. The second kappa shape index (κ2) is 3.51. The summed E-state index contributed by atoms with van der Waals surface area (Å²) < 4.78 is 4.55. The highest BCUT2D eigenvalue weighted by atomic mass is 35.5. The molecule has 0 aliphatic rings. The Morgan fingerprint density at radius 2 is 2.17 bits per heavy atom. The largest absolute Gasteiger partial charge is 0.326 e. The minimum absolute atomic E-state index is 0. The molecule has 1 aromatic carbocycles. The molecule has 0 amide bonds. The summed E-state index contributed by atoms with van der Waals surface area (Å²) in [7, 11) is 0. The lowest BCUT2D eigenvalue weighted by molar-refractivity contribution is 0.315. The van der Waals surface area contributed by atoms with Crippen LogP contribution in [0.5, 0.6) is 0 Å². The van der Waals surface area contributed by atoms with Gasteiger partial charge in [-0.15, -0.1) is 12.4 Å². The Morgan fingerprint density at radius 3 is 2.92 bits per heavy atom. The van der Waals surface area contributed by atoms with Crippen LogP contribution in [-0.4, -0.2) is 10.3 Å². The number of hydrogen-bond donors (Lipinski definition) is 1. The summed E-state index contributed by atoms with van der Waals surface area (Å²) in [5, 5.41) is 7.41. The van der Waals surface area contributed by atoms with Gasteiger partial charge in [-0.2, -0.15) is 0 Å². The summed E-state index contributed by atoms with van der Waals surface area (Å²) in [6, 6.07) is 5.63. The highest BCUT2D eigenvalue weighted by molar-refractivity contribution is 5.85. The van der Waals surface area contributed by atoms with E-state index in [2.05, 4.69) is 14.9 Å². The van der Waals surface area contributed by atoms with Crippen LogP contribution in [0.3, 0.4) is 0 Å². The second-order valence-corrected chi connectivity index (χ2v) is 2.25. The molecule has 0 saturated carbocycles. The van der Waals surface area contributed by atoms with Gasteiger partial charge in [0.15, 0.2) is 0 Å². The Labute approximate surface area is 75.1 Å². The topological polar surface area (TPSA) is 64.9 Å². The summed E-state index contributed by atoms with van der Waals surface area (Å²) in [5.41, 5.74) is 7.94. The number of aromatic nitrogens is 2. The zero-order chi connectivity index (χ0) is 7.68. The van der Waals surface area contributed by atoms with Crippen molar-refractivity contribution in [1.82, 2.24) is 10.3 Å². The van der Waals surface area contributed by atoms with Gasteiger partial charge in [0.2, 0.25) is 0 Å². The van der Waals surface area contributed by atoms with Crippen LogP contribution in [0, 0.1) is 0 Å². The molecule has 1 aromatic heterocycles. The maximum absolute atomic E-state index is 5.47. The fraction of sp³-hybridized carbons (Fsp3) is 0.143. The molecule has 2 rings (SSSR count). The van der Waals surface area contributed by atoms with Crippen molar-refractivity contribution in [2.24, 2.45) is 5.73 Å². The predicted molar refractivity (Wildman–Crippen MR) is 46.9 cm³/mol. The van der Waals surface area contributed by atoms with Crippen LogP contribution in [0.2, 0.25) is 0 Å². The van der Waals surface area contributed by atoms with Gasteiger partial charge in [-0.1, -0.05) is 12.1 Å². The van der Waals surface area contributed by atoms with E-state index < -0.39 is 0 Å². The molecular weight excluding hydrogens is 178 g/mol. The summed E-state index contributed by atoms with van der Waals surface area (Å²) in [6.45, 7) is 0.464. The lowest BCUT2D eigenvalue weighted by Crippen LogP contribution is -1.96. The third-order valence-corrected chi connectivity index (χ3v) is 1.59. The van der Waals surface area contributed by atoms with Crippen molar-refractivity contribution in [3.8, 4) is 0 Å². The molecule has 0 bridgehead atoms. The molecule has 0 aliphatic carbocycles. The van der Waals surface area contributed by atoms with E-state index in [4.69, 9.17) is 5.73 Å². The van der Waals surface area contributed by atoms with Gasteiger partial charge >= 0.3 is 0 Å². The lowest BCUT2D eigenvalue weighted by Gasteiger charge is -1.92. The Kier molecular flexibility index (Phi) is 2.62. The van der Waals surface area contributed by atoms with E-state index in [1.165, 1.54) is 0 Å². The number of benzene rings is 1. The van der Waals surface area contributed by atoms with Crippen LogP contribution >= 0.6 is 12.4 Å². The first-order chi connectivity index (χ1) is 5.42. The average molecular weight is 186 g/mol. The van der Waals surface area contributed by atoms with E-state index in [1.807, 2.05) is 18.2 Å². The van der Waals surface area contributed by atoms with Crippen molar-refractivity contribution >= 4 is 23.4 Å². The van der Waals surface area contributed by atoms with Crippen molar-refractivity contribution in [2.45, 2.75) is 6.54 Å². The van der Waals surface area contributed by atoms with Crippen LogP contribution < -0.4 is 5.73 Å². The van der Waals surface area contributed by atoms with Gasteiger partial charge < -0.3 is 5.73 Å². The quantitative estimate of drug-likeness (QED) is 0.723. The van der Waals surface area contributed by atoms with E-state index in [1.54, 1.807) is 0 Å². The summed E-state index contributed by atoms with van der Waals surface area (Å²) in [4.78, 5) is 0. The number of rotatable bonds is 1. The van der Waals surface area contributed by atoms with Crippen molar-refractivity contribution in [1.29, 1.82) is 0 Å². The van der Waals surface area contributed by atoms with Crippen LogP contribution in [0.1, 0.15) is 5.56 Å². The first kappa shape index (κ1) is 8.96. The van der Waals surface area contributed by atoms with Gasteiger partial charge in [-0.05, 0) is 21.9 Å². The Balaban J connectivity index is 0.000000720. The summed E-state index contributed by atoms with van der Waals surface area (Å²) in [6.07, 6.45) is 0. The van der Waals surface area contributed by atoms with E-state index in [0.29, 0.717) is 6.54 Å². The van der Waals surface area contributed by atoms with Gasteiger partial charge in [0.1, 0.15) is 11.0 Å². The monoisotopic (exact) mass is 185 g/mol. The summed E-state index contributed by atoms with van der Waals surface area (Å²) >= 11 is 0. The zero-order valence-corrected chi connectivity index (χ0v) is 7.04. The predicted octanol–water partition coefficient (Wildman–Crippen LogP) is 1.10. The molecule has 0 saturated heterocycles. The first-order valence-electron chi connectivity index (χ1n) is 3.32. The fourth-order valence-corrected chi connectivity index (χ4v) is 1.03. The zero-order valence-electron chi connectivity index (χ0n) is 6.23. The fourth-order valence-electron chi connectivity index (χ4n) is 1.03. The minimum Gasteiger partial charge on any atom is -0.326 e. The maximum atomic E-state index is 5.47. The van der Waals surface area contributed by atoms with Crippen molar-refractivity contribution in [2.75, 3.05) is 0 Å². The van der Waals surface area contributed by atoms with Gasteiger partial charge in [0.05, 0.1) is 0 Å². The molecule has 0 atom stereocenters. The van der Waals surface area contributed by atoms with Gasteiger partial charge in [0.25, 0.3) is 0 Å². The Morgan fingerprint density at radius 1 is 1.33 bits per heavy atom. The molecule has 12 heavy (non-hydrogen) atoms. The van der Waals surface area contributed by atoms with Gasteiger partial charge in [0, 0.05) is 6.54 Å². The van der Waals surface area contributed by atoms with Gasteiger partial charge in [-0.3, -0.25) is 0 Å². The molecule has 5 heteroatoms. The molecule has 0 fully saturated rings. The van der Waals surface area contributed by atoms with Gasteiger partial charge in [-0.25, -0.2) is 4.63 Å². The van der Waals surface area contributed by atoms with Crippen LogP contribution in [0.25, 0.3) is 11.0 Å². The number of fused-ring (bicyclic) bond motifs is 1. The third kappa shape index (κ3) is 1.26. The highest BCUT2D eigenvalue weighted by Crippen LogP contribution is 2.12. The number of hydrogen-bond acceptors (Lipinski definition) is 4.